The normalized spacial score (nSPS) is 21.6. The Balaban J connectivity index is 0.000000212. The summed E-state index contributed by atoms with van der Waals surface area (Å²) in [5.74, 6) is 0. The summed E-state index contributed by atoms with van der Waals surface area (Å²) in [6.07, 6.45) is 6.67. The minimum Gasteiger partial charge on any atom is -0.381 e. The molecule has 1 N–H and O–H groups in total. The van der Waals surface area contributed by atoms with Crippen molar-refractivity contribution in [3.8, 4) is 0 Å². The van der Waals surface area contributed by atoms with Gasteiger partial charge >= 0.3 is 0 Å². The first-order valence-electron chi connectivity index (χ1n) is 6.94. The number of hydrogen-bond acceptors (Lipinski definition) is 3. The number of nitrogens with one attached hydrogen (secondary N) is 1. The lowest BCUT2D eigenvalue weighted by molar-refractivity contribution is 0.198. The standard InChI is InChI=1S/C9H20N2.C4H8O/c1-2-3-4-7-11-8-5-10-6-9-11;1-2-4-5-3-1/h10H,2-9H2,1H3;1-4H2. The molecule has 2 fully saturated rings. The molecule has 0 aliphatic carbocycles. The molecule has 2 aliphatic heterocycles. The second-order valence-corrected chi connectivity index (χ2v) is 4.62. The van der Waals surface area contributed by atoms with Gasteiger partial charge in [-0.1, -0.05) is 19.8 Å². The van der Waals surface area contributed by atoms with Crippen LogP contribution in [-0.2, 0) is 4.74 Å². The van der Waals surface area contributed by atoms with Crippen LogP contribution in [0.15, 0.2) is 0 Å². The van der Waals surface area contributed by atoms with Gasteiger partial charge in [-0.2, -0.15) is 0 Å². The maximum Gasteiger partial charge on any atom is 0.0466 e. The molecule has 3 nitrogen and oxygen atoms in total. The Kier molecular flexibility index (Phi) is 8.77. The highest BCUT2D eigenvalue weighted by atomic mass is 16.5. The molecule has 0 aromatic heterocycles. The molecule has 2 aliphatic rings. The van der Waals surface area contributed by atoms with Crippen molar-refractivity contribution in [2.75, 3.05) is 45.9 Å². The molecule has 0 aromatic carbocycles. The van der Waals surface area contributed by atoms with E-state index in [9.17, 15) is 0 Å². The van der Waals surface area contributed by atoms with Crippen molar-refractivity contribution >= 4 is 0 Å². The molecule has 96 valence electrons. The van der Waals surface area contributed by atoms with Crippen molar-refractivity contribution in [3.63, 3.8) is 0 Å². The van der Waals surface area contributed by atoms with Gasteiger partial charge in [0.25, 0.3) is 0 Å². The molecule has 2 saturated heterocycles. The molecule has 0 unspecified atom stereocenters. The fourth-order valence-corrected chi connectivity index (χ4v) is 2.03. The Labute approximate surface area is 101 Å². The van der Waals surface area contributed by atoms with Crippen LogP contribution in [-0.4, -0.2) is 50.8 Å². The molecule has 0 bridgehead atoms. The summed E-state index contributed by atoms with van der Waals surface area (Å²) in [5.41, 5.74) is 0. The van der Waals surface area contributed by atoms with Gasteiger partial charge in [0.1, 0.15) is 0 Å². The smallest absolute Gasteiger partial charge is 0.0466 e. The monoisotopic (exact) mass is 228 g/mol. The molecule has 0 aromatic rings. The topological polar surface area (TPSA) is 24.5 Å². The number of nitrogens with zero attached hydrogens (tertiary/aromatic N) is 1. The third kappa shape index (κ3) is 7.20. The van der Waals surface area contributed by atoms with Crippen LogP contribution in [0.25, 0.3) is 0 Å². The van der Waals surface area contributed by atoms with Crippen molar-refractivity contribution in [1.29, 1.82) is 0 Å². The molecular formula is C13H28N2O. The zero-order chi connectivity index (χ0) is 11.5. The SMILES string of the molecule is C1CCOC1.CCCCCN1CCNCC1. The Morgan fingerprint density at radius 2 is 1.75 bits per heavy atom. The van der Waals surface area contributed by atoms with Gasteiger partial charge in [0.2, 0.25) is 0 Å². The summed E-state index contributed by atoms with van der Waals surface area (Å²) in [5, 5.41) is 3.36. The summed E-state index contributed by atoms with van der Waals surface area (Å²) in [6.45, 7) is 10.5. The quantitative estimate of drug-likeness (QED) is 0.744. The molecule has 0 saturated carbocycles. The van der Waals surface area contributed by atoms with Gasteiger partial charge < -0.3 is 15.0 Å². The van der Waals surface area contributed by atoms with Crippen LogP contribution < -0.4 is 5.32 Å². The highest BCUT2D eigenvalue weighted by Gasteiger charge is 2.07. The lowest BCUT2D eigenvalue weighted by Gasteiger charge is -2.26. The second kappa shape index (κ2) is 10.1. The first-order valence-corrected chi connectivity index (χ1v) is 6.94. The van der Waals surface area contributed by atoms with Crippen molar-refractivity contribution < 1.29 is 4.74 Å². The molecule has 16 heavy (non-hydrogen) atoms. The lowest BCUT2D eigenvalue weighted by atomic mass is 10.2. The predicted molar refractivity (Wildman–Crippen MR) is 68.9 cm³/mol. The Hall–Kier alpha value is -0.120. The largest absolute Gasteiger partial charge is 0.381 e. The fourth-order valence-electron chi connectivity index (χ4n) is 2.03. The zero-order valence-electron chi connectivity index (χ0n) is 10.8. The Morgan fingerprint density at radius 1 is 1.06 bits per heavy atom. The van der Waals surface area contributed by atoms with E-state index >= 15 is 0 Å². The van der Waals surface area contributed by atoms with E-state index in [0.29, 0.717) is 0 Å². The van der Waals surface area contributed by atoms with Crippen LogP contribution in [0.2, 0.25) is 0 Å². The minimum absolute atomic E-state index is 1.00. The number of hydrogen-bond donors (Lipinski definition) is 1. The highest BCUT2D eigenvalue weighted by Crippen LogP contribution is 1.99. The maximum absolute atomic E-state index is 4.94. The lowest BCUT2D eigenvalue weighted by Crippen LogP contribution is -2.43. The number of piperazine rings is 1. The van der Waals surface area contributed by atoms with Gasteiger partial charge in [-0.3, -0.25) is 0 Å². The summed E-state index contributed by atoms with van der Waals surface area (Å²) in [4.78, 5) is 2.56. The van der Waals surface area contributed by atoms with Crippen LogP contribution in [0.5, 0.6) is 0 Å². The fraction of sp³-hybridized carbons (Fsp3) is 1.00. The van der Waals surface area contributed by atoms with Crippen LogP contribution in [0.1, 0.15) is 39.0 Å². The van der Waals surface area contributed by atoms with Gasteiger partial charge in [0, 0.05) is 39.4 Å². The van der Waals surface area contributed by atoms with Gasteiger partial charge in [-0.15, -0.1) is 0 Å². The zero-order valence-corrected chi connectivity index (χ0v) is 10.8. The highest BCUT2D eigenvalue weighted by molar-refractivity contribution is 4.66. The van der Waals surface area contributed by atoms with Crippen molar-refractivity contribution in [2.24, 2.45) is 0 Å². The number of rotatable bonds is 4. The first-order chi connectivity index (χ1) is 7.93. The average molecular weight is 228 g/mol. The average Bonchev–Trinajstić information content (AvgIpc) is 2.90. The molecular weight excluding hydrogens is 200 g/mol. The van der Waals surface area contributed by atoms with E-state index < -0.39 is 0 Å². The van der Waals surface area contributed by atoms with E-state index in [0.717, 1.165) is 13.2 Å². The minimum atomic E-state index is 1.00. The van der Waals surface area contributed by atoms with Crippen LogP contribution in [0.4, 0.5) is 0 Å². The third-order valence-corrected chi connectivity index (χ3v) is 3.11. The van der Waals surface area contributed by atoms with Gasteiger partial charge in [0.15, 0.2) is 0 Å². The van der Waals surface area contributed by atoms with Crippen LogP contribution in [0.3, 0.4) is 0 Å². The van der Waals surface area contributed by atoms with E-state index in [1.54, 1.807) is 0 Å². The van der Waals surface area contributed by atoms with E-state index in [2.05, 4.69) is 17.1 Å². The van der Waals surface area contributed by atoms with E-state index in [1.165, 1.54) is 64.8 Å². The van der Waals surface area contributed by atoms with Crippen LogP contribution in [0, 0.1) is 0 Å². The number of unbranched alkanes of at least 4 members (excludes halogenated alkanes) is 2. The van der Waals surface area contributed by atoms with Crippen LogP contribution >= 0.6 is 0 Å². The van der Waals surface area contributed by atoms with Crippen molar-refractivity contribution in [1.82, 2.24) is 10.2 Å². The summed E-state index contributed by atoms with van der Waals surface area (Å²) in [6, 6.07) is 0. The number of ether oxygens (including phenoxy) is 1. The summed E-state index contributed by atoms with van der Waals surface area (Å²) >= 11 is 0. The molecule has 0 radical (unpaired) electrons. The second-order valence-electron chi connectivity index (χ2n) is 4.62. The van der Waals surface area contributed by atoms with Gasteiger partial charge in [0.05, 0.1) is 0 Å². The Morgan fingerprint density at radius 3 is 2.25 bits per heavy atom. The third-order valence-electron chi connectivity index (χ3n) is 3.11. The van der Waals surface area contributed by atoms with E-state index in [4.69, 9.17) is 4.74 Å². The molecule has 3 heteroatoms. The van der Waals surface area contributed by atoms with Gasteiger partial charge in [-0.05, 0) is 25.8 Å². The summed E-state index contributed by atoms with van der Waals surface area (Å²) in [7, 11) is 0. The molecule has 2 rings (SSSR count). The van der Waals surface area contributed by atoms with Gasteiger partial charge in [-0.25, -0.2) is 0 Å². The molecule has 2 heterocycles. The Bertz CT molecular complexity index is 135. The van der Waals surface area contributed by atoms with E-state index in [-0.39, 0.29) is 0 Å². The van der Waals surface area contributed by atoms with Crippen molar-refractivity contribution in [3.05, 3.63) is 0 Å². The van der Waals surface area contributed by atoms with E-state index in [1.807, 2.05) is 0 Å². The molecule has 0 amide bonds. The van der Waals surface area contributed by atoms with Crippen molar-refractivity contribution in [2.45, 2.75) is 39.0 Å². The molecule has 0 atom stereocenters. The maximum atomic E-state index is 4.94. The predicted octanol–water partition coefficient (Wildman–Crippen LogP) is 1.88. The first kappa shape index (κ1) is 13.9. The summed E-state index contributed by atoms with van der Waals surface area (Å²) < 4.78 is 4.94. The molecule has 0 spiro atoms.